The van der Waals surface area contributed by atoms with Crippen molar-refractivity contribution >= 4 is 28.5 Å². The number of furan rings is 1. The number of morpholine rings is 1. The predicted octanol–water partition coefficient (Wildman–Crippen LogP) is 2.82. The third kappa shape index (κ3) is 4.37. The zero-order chi connectivity index (χ0) is 19.2. The molecule has 1 fully saturated rings. The van der Waals surface area contributed by atoms with Gasteiger partial charge in [-0.05, 0) is 25.5 Å². The van der Waals surface area contributed by atoms with Crippen molar-refractivity contribution in [3.8, 4) is 0 Å². The molecule has 1 atom stereocenters. The fourth-order valence-corrected chi connectivity index (χ4v) is 2.86. The molecule has 1 aromatic carbocycles. The number of carbonyl (C=O) groups is 2. The quantitative estimate of drug-likeness (QED) is 0.597. The fourth-order valence-electron chi connectivity index (χ4n) is 2.86. The largest absolute Gasteiger partial charge is 0.449 e. The summed E-state index contributed by atoms with van der Waals surface area (Å²) in [4.78, 5) is 27.2. The van der Waals surface area contributed by atoms with E-state index in [0.717, 1.165) is 0 Å². The van der Waals surface area contributed by atoms with Crippen LogP contribution in [0, 0.1) is 0 Å². The minimum absolute atomic E-state index is 0.129. The SMILES string of the molecule is C=CCCOC(C)C(=O)Nc1c(C(=O)N2CCOCC2)oc2ccccc12. The van der Waals surface area contributed by atoms with Gasteiger partial charge in [0.1, 0.15) is 17.4 Å². The van der Waals surface area contributed by atoms with Gasteiger partial charge >= 0.3 is 0 Å². The van der Waals surface area contributed by atoms with Crippen molar-refractivity contribution < 1.29 is 23.5 Å². The number of fused-ring (bicyclic) bond motifs is 1. The van der Waals surface area contributed by atoms with Gasteiger partial charge in [-0.25, -0.2) is 0 Å². The second-order valence-electron chi connectivity index (χ2n) is 6.29. The summed E-state index contributed by atoms with van der Waals surface area (Å²) in [6, 6.07) is 7.24. The summed E-state index contributed by atoms with van der Waals surface area (Å²) in [6.07, 6.45) is 1.73. The van der Waals surface area contributed by atoms with Gasteiger partial charge in [-0.15, -0.1) is 6.58 Å². The summed E-state index contributed by atoms with van der Waals surface area (Å²) >= 11 is 0. The van der Waals surface area contributed by atoms with Gasteiger partial charge in [-0.2, -0.15) is 0 Å². The topological polar surface area (TPSA) is 81.0 Å². The number of anilines is 1. The Kier molecular flexibility index (Phi) is 6.26. The number of nitrogens with zero attached hydrogens (tertiary/aromatic N) is 1. The number of carbonyl (C=O) groups excluding carboxylic acids is 2. The number of rotatable bonds is 7. The van der Waals surface area contributed by atoms with Crippen LogP contribution in [-0.2, 0) is 14.3 Å². The predicted molar refractivity (Wildman–Crippen MR) is 102 cm³/mol. The van der Waals surface area contributed by atoms with E-state index in [2.05, 4.69) is 11.9 Å². The third-order valence-corrected chi connectivity index (χ3v) is 4.40. The van der Waals surface area contributed by atoms with Gasteiger partial charge < -0.3 is 24.1 Å². The highest BCUT2D eigenvalue weighted by atomic mass is 16.5. The Hall–Kier alpha value is -2.64. The number of hydrogen-bond donors (Lipinski definition) is 1. The first-order valence-corrected chi connectivity index (χ1v) is 9.03. The molecule has 0 radical (unpaired) electrons. The number of nitrogens with one attached hydrogen (secondary N) is 1. The monoisotopic (exact) mass is 372 g/mol. The van der Waals surface area contributed by atoms with Crippen molar-refractivity contribution in [2.75, 3.05) is 38.2 Å². The van der Waals surface area contributed by atoms with E-state index in [9.17, 15) is 9.59 Å². The smallest absolute Gasteiger partial charge is 0.291 e. The molecular formula is C20H24N2O5. The molecule has 7 nitrogen and oxygen atoms in total. The van der Waals surface area contributed by atoms with Crippen LogP contribution in [0.25, 0.3) is 11.0 Å². The molecular weight excluding hydrogens is 348 g/mol. The highest BCUT2D eigenvalue weighted by Gasteiger charge is 2.28. The molecule has 1 unspecified atom stereocenters. The maximum absolute atomic E-state index is 12.9. The molecule has 2 heterocycles. The number of para-hydroxylation sites is 1. The van der Waals surface area contributed by atoms with Gasteiger partial charge in [0.15, 0.2) is 0 Å². The van der Waals surface area contributed by atoms with Gasteiger partial charge in [-0.3, -0.25) is 9.59 Å². The zero-order valence-electron chi connectivity index (χ0n) is 15.4. The molecule has 0 aliphatic carbocycles. The Morgan fingerprint density at radius 2 is 2.07 bits per heavy atom. The average Bonchev–Trinajstić information content (AvgIpc) is 3.06. The molecule has 2 aromatic rings. The summed E-state index contributed by atoms with van der Waals surface area (Å²) in [5.41, 5.74) is 0.927. The molecule has 7 heteroatoms. The molecule has 144 valence electrons. The van der Waals surface area contributed by atoms with E-state index in [4.69, 9.17) is 13.9 Å². The van der Waals surface area contributed by atoms with Crippen molar-refractivity contribution in [1.29, 1.82) is 0 Å². The van der Waals surface area contributed by atoms with Crippen LogP contribution in [0.4, 0.5) is 5.69 Å². The van der Waals surface area contributed by atoms with Crippen LogP contribution in [0.15, 0.2) is 41.3 Å². The van der Waals surface area contributed by atoms with Crippen LogP contribution < -0.4 is 5.32 Å². The number of ether oxygens (including phenoxy) is 2. The summed E-state index contributed by atoms with van der Waals surface area (Å²) in [6.45, 7) is 7.66. The lowest BCUT2D eigenvalue weighted by atomic mass is 10.2. The van der Waals surface area contributed by atoms with Crippen molar-refractivity contribution in [2.24, 2.45) is 0 Å². The van der Waals surface area contributed by atoms with Gasteiger partial charge in [-0.1, -0.05) is 18.2 Å². The maximum Gasteiger partial charge on any atom is 0.291 e. The Labute approximate surface area is 157 Å². The van der Waals surface area contributed by atoms with E-state index < -0.39 is 6.10 Å². The molecule has 3 rings (SSSR count). The molecule has 27 heavy (non-hydrogen) atoms. The molecule has 1 saturated heterocycles. The second-order valence-corrected chi connectivity index (χ2v) is 6.29. The first-order valence-electron chi connectivity index (χ1n) is 9.03. The van der Waals surface area contributed by atoms with Crippen LogP contribution >= 0.6 is 0 Å². The highest BCUT2D eigenvalue weighted by molar-refractivity contribution is 6.11. The lowest BCUT2D eigenvalue weighted by molar-refractivity contribution is -0.126. The van der Waals surface area contributed by atoms with Crippen molar-refractivity contribution in [3.05, 3.63) is 42.7 Å². The highest BCUT2D eigenvalue weighted by Crippen LogP contribution is 2.32. The maximum atomic E-state index is 12.9. The Bertz CT molecular complexity index is 823. The number of benzene rings is 1. The van der Waals surface area contributed by atoms with Crippen LogP contribution in [0.5, 0.6) is 0 Å². The first-order chi connectivity index (χ1) is 13.1. The molecule has 0 bridgehead atoms. The third-order valence-electron chi connectivity index (χ3n) is 4.40. The summed E-state index contributed by atoms with van der Waals surface area (Å²) in [7, 11) is 0. The standard InChI is InChI=1S/C20H24N2O5/c1-3-4-11-26-14(2)19(23)21-17-15-7-5-6-8-16(15)27-18(17)20(24)22-9-12-25-13-10-22/h3,5-8,14H,1,4,9-13H2,2H3,(H,21,23). The van der Waals surface area contributed by atoms with E-state index in [1.54, 1.807) is 24.0 Å². The summed E-state index contributed by atoms with van der Waals surface area (Å²) in [5.74, 6) is -0.462. The van der Waals surface area contributed by atoms with Gasteiger partial charge in [0, 0.05) is 18.5 Å². The minimum atomic E-state index is -0.662. The van der Waals surface area contributed by atoms with Gasteiger partial charge in [0.25, 0.3) is 11.8 Å². The molecule has 2 amide bonds. The fraction of sp³-hybridized carbons (Fsp3) is 0.400. The molecule has 1 aliphatic heterocycles. The zero-order valence-corrected chi connectivity index (χ0v) is 15.4. The average molecular weight is 372 g/mol. The lowest BCUT2D eigenvalue weighted by Crippen LogP contribution is -2.41. The second kappa shape index (κ2) is 8.83. The van der Waals surface area contributed by atoms with E-state index in [1.165, 1.54) is 0 Å². The van der Waals surface area contributed by atoms with Gasteiger partial charge in [0.2, 0.25) is 5.76 Å². The van der Waals surface area contributed by atoms with Crippen molar-refractivity contribution in [3.63, 3.8) is 0 Å². The first kappa shape index (κ1) is 19.1. The van der Waals surface area contributed by atoms with Crippen LogP contribution in [-0.4, -0.2) is 55.7 Å². The number of amides is 2. The molecule has 0 spiro atoms. The Morgan fingerprint density at radius 1 is 1.33 bits per heavy atom. The molecule has 1 N–H and O–H groups in total. The molecule has 0 saturated carbocycles. The Balaban J connectivity index is 1.85. The van der Waals surface area contributed by atoms with Crippen LogP contribution in [0.3, 0.4) is 0 Å². The van der Waals surface area contributed by atoms with Gasteiger partial charge in [0.05, 0.1) is 19.8 Å². The summed E-state index contributed by atoms with van der Waals surface area (Å²) in [5, 5.41) is 3.50. The molecule has 1 aliphatic rings. The van der Waals surface area contributed by atoms with E-state index in [1.807, 2.05) is 18.2 Å². The molecule has 1 aromatic heterocycles. The van der Waals surface area contributed by atoms with E-state index >= 15 is 0 Å². The van der Waals surface area contributed by atoms with Crippen molar-refractivity contribution in [2.45, 2.75) is 19.4 Å². The van der Waals surface area contributed by atoms with E-state index in [-0.39, 0.29) is 17.6 Å². The summed E-state index contributed by atoms with van der Waals surface area (Å²) < 4.78 is 16.6. The van der Waals surface area contributed by atoms with Crippen LogP contribution in [0.1, 0.15) is 23.9 Å². The normalized spacial score (nSPS) is 15.5. The van der Waals surface area contributed by atoms with Crippen LogP contribution in [0.2, 0.25) is 0 Å². The minimum Gasteiger partial charge on any atom is -0.449 e. The number of hydrogen-bond acceptors (Lipinski definition) is 5. The van der Waals surface area contributed by atoms with Crippen molar-refractivity contribution in [1.82, 2.24) is 4.90 Å². The Morgan fingerprint density at radius 3 is 2.81 bits per heavy atom. The lowest BCUT2D eigenvalue weighted by Gasteiger charge is -2.26. The van der Waals surface area contributed by atoms with E-state index in [0.29, 0.717) is 56.0 Å².